The second-order valence-electron chi connectivity index (χ2n) is 3.81. The van der Waals surface area contributed by atoms with Gasteiger partial charge in [-0.1, -0.05) is 0 Å². The number of nitriles is 1. The highest BCUT2D eigenvalue weighted by molar-refractivity contribution is 5.37. The van der Waals surface area contributed by atoms with Crippen molar-refractivity contribution < 1.29 is 0 Å². The van der Waals surface area contributed by atoms with E-state index in [4.69, 9.17) is 11.0 Å². The molecule has 0 saturated carbocycles. The van der Waals surface area contributed by atoms with E-state index in [2.05, 4.69) is 16.0 Å². The van der Waals surface area contributed by atoms with Crippen molar-refractivity contribution in [3.8, 4) is 6.07 Å². The van der Waals surface area contributed by atoms with E-state index in [9.17, 15) is 0 Å². The zero-order valence-corrected chi connectivity index (χ0v) is 9.14. The quantitative estimate of drug-likeness (QED) is 0.801. The molecule has 0 bridgehead atoms. The Hall–Kier alpha value is -1.60. The van der Waals surface area contributed by atoms with E-state index in [-0.39, 0.29) is 5.92 Å². The first-order valence-electron chi connectivity index (χ1n) is 4.90. The number of nitrogen functional groups attached to an aromatic ring is 1. The van der Waals surface area contributed by atoms with E-state index in [0.29, 0.717) is 0 Å². The van der Waals surface area contributed by atoms with E-state index in [1.54, 1.807) is 12.3 Å². The van der Waals surface area contributed by atoms with Gasteiger partial charge in [-0.05, 0) is 26.1 Å². The van der Waals surface area contributed by atoms with Gasteiger partial charge in [-0.25, -0.2) is 0 Å². The molecule has 4 heteroatoms. The largest absolute Gasteiger partial charge is 0.399 e. The fraction of sp³-hybridized carbons (Fsp3) is 0.455. The fourth-order valence-electron chi connectivity index (χ4n) is 1.43. The van der Waals surface area contributed by atoms with Crippen molar-refractivity contribution in [3.63, 3.8) is 0 Å². The molecule has 15 heavy (non-hydrogen) atoms. The number of aromatic nitrogens is 1. The molecule has 1 aromatic heterocycles. The maximum atomic E-state index is 8.68. The smallest absolute Gasteiger partial charge is 0.0666 e. The van der Waals surface area contributed by atoms with Crippen molar-refractivity contribution in [1.82, 2.24) is 9.88 Å². The van der Waals surface area contributed by atoms with Gasteiger partial charge in [0.1, 0.15) is 0 Å². The molecule has 1 heterocycles. The molecule has 4 nitrogen and oxygen atoms in total. The lowest BCUT2D eigenvalue weighted by Gasteiger charge is -2.17. The molecular weight excluding hydrogens is 188 g/mol. The summed E-state index contributed by atoms with van der Waals surface area (Å²) in [5.74, 6) is 0.0380. The number of nitrogens with two attached hydrogens (primary N) is 1. The van der Waals surface area contributed by atoms with Crippen molar-refractivity contribution in [2.45, 2.75) is 13.5 Å². The Labute approximate surface area is 90.3 Å². The first kappa shape index (κ1) is 11.5. The molecule has 1 rings (SSSR count). The van der Waals surface area contributed by atoms with Gasteiger partial charge in [-0.3, -0.25) is 9.88 Å². The molecular formula is C11H16N4. The van der Waals surface area contributed by atoms with Crippen LogP contribution >= 0.6 is 0 Å². The first-order valence-corrected chi connectivity index (χ1v) is 4.90. The van der Waals surface area contributed by atoms with Crippen LogP contribution in [-0.4, -0.2) is 23.5 Å². The second-order valence-corrected chi connectivity index (χ2v) is 3.81. The summed E-state index contributed by atoms with van der Waals surface area (Å²) in [7, 11) is 1.97. The Balaban J connectivity index is 2.52. The second kappa shape index (κ2) is 5.32. The summed E-state index contributed by atoms with van der Waals surface area (Å²) in [5.41, 5.74) is 7.31. The first-order chi connectivity index (χ1) is 7.11. The molecule has 0 aromatic carbocycles. The van der Waals surface area contributed by atoms with Crippen LogP contribution in [-0.2, 0) is 6.54 Å². The Bertz CT molecular complexity index is 356. The molecule has 0 fully saturated rings. The molecule has 0 aliphatic rings. The molecule has 0 spiro atoms. The Kier molecular flexibility index (Phi) is 4.07. The number of rotatable bonds is 4. The third-order valence-electron chi connectivity index (χ3n) is 2.08. The van der Waals surface area contributed by atoms with Crippen LogP contribution in [0.4, 0.5) is 5.69 Å². The SMILES string of the molecule is CC(C#N)CN(C)Cc1cc(N)ccn1. The van der Waals surface area contributed by atoms with Crippen LogP contribution in [0.25, 0.3) is 0 Å². The van der Waals surface area contributed by atoms with E-state index < -0.39 is 0 Å². The van der Waals surface area contributed by atoms with Crippen LogP contribution in [0.2, 0.25) is 0 Å². The zero-order chi connectivity index (χ0) is 11.3. The van der Waals surface area contributed by atoms with Crippen LogP contribution in [0.3, 0.4) is 0 Å². The van der Waals surface area contributed by atoms with Crippen LogP contribution in [0, 0.1) is 17.2 Å². The van der Waals surface area contributed by atoms with Gasteiger partial charge in [-0.15, -0.1) is 0 Å². The highest BCUT2D eigenvalue weighted by Crippen LogP contribution is 2.06. The van der Waals surface area contributed by atoms with Crippen molar-refractivity contribution in [2.24, 2.45) is 5.92 Å². The van der Waals surface area contributed by atoms with E-state index in [0.717, 1.165) is 24.5 Å². The lowest BCUT2D eigenvalue weighted by molar-refractivity contribution is 0.300. The van der Waals surface area contributed by atoms with Gasteiger partial charge in [-0.2, -0.15) is 5.26 Å². The summed E-state index contributed by atoms with van der Waals surface area (Å²) in [6.45, 7) is 3.37. The predicted molar refractivity (Wildman–Crippen MR) is 59.8 cm³/mol. The van der Waals surface area contributed by atoms with Gasteiger partial charge in [0, 0.05) is 25.0 Å². The van der Waals surface area contributed by atoms with Gasteiger partial charge >= 0.3 is 0 Å². The number of hydrogen-bond acceptors (Lipinski definition) is 4. The minimum Gasteiger partial charge on any atom is -0.399 e. The molecule has 0 aliphatic carbocycles. The molecule has 1 atom stereocenters. The summed E-state index contributed by atoms with van der Waals surface area (Å²) in [6, 6.07) is 5.83. The average molecular weight is 204 g/mol. The lowest BCUT2D eigenvalue weighted by atomic mass is 10.2. The van der Waals surface area contributed by atoms with Crippen LogP contribution < -0.4 is 5.73 Å². The van der Waals surface area contributed by atoms with Gasteiger partial charge < -0.3 is 5.73 Å². The lowest BCUT2D eigenvalue weighted by Crippen LogP contribution is -2.23. The van der Waals surface area contributed by atoms with E-state index in [1.807, 2.05) is 20.0 Å². The zero-order valence-electron chi connectivity index (χ0n) is 9.14. The molecule has 0 aliphatic heterocycles. The minimum absolute atomic E-state index is 0.0380. The molecule has 1 unspecified atom stereocenters. The molecule has 2 N–H and O–H groups in total. The molecule has 80 valence electrons. The third-order valence-corrected chi connectivity index (χ3v) is 2.08. The molecule has 0 saturated heterocycles. The molecule has 0 radical (unpaired) electrons. The Morgan fingerprint density at radius 2 is 2.40 bits per heavy atom. The summed E-state index contributed by atoms with van der Waals surface area (Å²) in [6.07, 6.45) is 1.70. The Morgan fingerprint density at radius 1 is 1.67 bits per heavy atom. The standard InChI is InChI=1S/C11H16N4/c1-9(6-12)7-15(2)8-11-5-10(13)3-4-14-11/h3-5,9H,7-8H2,1-2H3,(H2,13,14). The average Bonchev–Trinajstić information content (AvgIpc) is 2.17. The highest BCUT2D eigenvalue weighted by atomic mass is 15.1. The summed E-state index contributed by atoms with van der Waals surface area (Å²) in [4.78, 5) is 6.27. The van der Waals surface area contributed by atoms with Gasteiger partial charge in [0.25, 0.3) is 0 Å². The normalized spacial score (nSPS) is 12.4. The van der Waals surface area contributed by atoms with Gasteiger partial charge in [0.2, 0.25) is 0 Å². The van der Waals surface area contributed by atoms with Gasteiger partial charge in [0.05, 0.1) is 17.7 Å². The maximum absolute atomic E-state index is 8.68. The third kappa shape index (κ3) is 3.96. The van der Waals surface area contributed by atoms with Crippen LogP contribution in [0.5, 0.6) is 0 Å². The maximum Gasteiger partial charge on any atom is 0.0666 e. The topological polar surface area (TPSA) is 65.9 Å². The predicted octanol–water partition coefficient (Wildman–Crippen LogP) is 1.26. The number of anilines is 1. The number of pyridine rings is 1. The fourth-order valence-corrected chi connectivity index (χ4v) is 1.43. The van der Waals surface area contributed by atoms with E-state index in [1.165, 1.54) is 0 Å². The van der Waals surface area contributed by atoms with Crippen molar-refractivity contribution in [1.29, 1.82) is 5.26 Å². The van der Waals surface area contributed by atoms with Crippen LogP contribution in [0.1, 0.15) is 12.6 Å². The molecule has 0 amide bonds. The van der Waals surface area contributed by atoms with Crippen LogP contribution in [0.15, 0.2) is 18.3 Å². The van der Waals surface area contributed by atoms with Gasteiger partial charge in [0.15, 0.2) is 0 Å². The Morgan fingerprint density at radius 3 is 3.00 bits per heavy atom. The van der Waals surface area contributed by atoms with Crippen molar-refractivity contribution >= 4 is 5.69 Å². The summed E-state index contributed by atoms with van der Waals surface area (Å²) in [5, 5.41) is 8.68. The van der Waals surface area contributed by atoms with Crippen molar-refractivity contribution in [3.05, 3.63) is 24.0 Å². The van der Waals surface area contributed by atoms with Crippen molar-refractivity contribution in [2.75, 3.05) is 19.3 Å². The number of nitrogens with zero attached hydrogens (tertiary/aromatic N) is 3. The summed E-state index contributed by atoms with van der Waals surface area (Å²) >= 11 is 0. The summed E-state index contributed by atoms with van der Waals surface area (Å²) < 4.78 is 0. The van der Waals surface area contributed by atoms with E-state index >= 15 is 0 Å². The number of hydrogen-bond donors (Lipinski definition) is 1. The highest BCUT2D eigenvalue weighted by Gasteiger charge is 2.06. The minimum atomic E-state index is 0.0380. The monoisotopic (exact) mass is 204 g/mol. The molecule has 1 aromatic rings.